The molecule has 1 atom stereocenters. The molecule has 92 valence electrons. The standard InChI is InChI=1S/C13H12BrN3O/c1-8(12-4-5-13(14)18-12)16-10-3-2-9-7-15-17-11(9)6-10/h2-8,16H,1H3,(H,15,17). The lowest BCUT2D eigenvalue weighted by Crippen LogP contribution is -2.05. The van der Waals surface area contributed by atoms with Crippen molar-refractivity contribution in [1.29, 1.82) is 0 Å². The Bertz CT molecular complexity index is 673. The first-order chi connectivity index (χ1) is 8.72. The minimum Gasteiger partial charge on any atom is -0.452 e. The largest absolute Gasteiger partial charge is 0.452 e. The van der Waals surface area contributed by atoms with Crippen LogP contribution in [0.5, 0.6) is 0 Å². The van der Waals surface area contributed by atoms with E-state index in [0.29, 0.717) is 0 Å². The molecule has 1 aromatic carbocycles. The molecule has 4 nitrogen and oxygen atoms in total. The molecule has 0 saturated heterocycles. The van der Waals surface area contributed by atoms with Gasteiger partial charge in [0.25, 0.3) is 0 Å². The predicted molar refractivity (Wildman–Crippen MR) is 74.5 cm³/mol. The van der Waals surface area contributed by atoms with E-state index in [0.717, 1.165) is 27.0 Å². The highest BCUT2D eigenvalue weighted by atomic mass is 79.9. The van der Waals surface area contributed by atoms with Gasteiger partial charge in [0.15, 0.2) is 4.67 Å². The minimum atomic E-state index is 0.108. The summed E-state index contributed by atoms with van der Waals surface area (Å²) in [5, 5.41) is 11.5. The highest BCUT2D eigenvalue weighted by Gasteiger charge is 2.10. The summed E-state index contributed by atoms with van der Waals surface area (Å²) in [6.45, 7) is 2.06. The minimum absolute atomic E-state index is 0.108. The number of halogens is 1. The van der Waals surface area contributed by atoms with Crippen molar-refractivity contribution >= 4 is 32.5 Å². The van der Waals surface area contributed by atoms with Crippen LogP contribution < -0.4 is 5.32 Å². The van der Waals surface area contributed by atoms with Gasteiger partial charge in [0, 0.05) is 11.1 Å². The number of nitrogens with one attached hydrogen (secondary N) is 2. The lowest BCUT2D eigenvalue weighted by molar-refractivity contribution is 0.471. The Labute approximate surface area is 113 Å². The van der Waals surface area contributed by atoms with Crippen LogP contribution >= 0.6 is 15.9 Å². The van der Waals surface area contributed by atoms with Gasteiger partial charge in [-0.15, -0.1) is 0 Å². The number of fused-ring (bicyclic) bond motifs is 1. The van der Waals surface area contributed by atoms with Crippen molar-refractivity contribution in [2.45, 2.75) is 13.0 Å². The topological polar surface area (TPSA) is 53.9 Å². The van der Waals surface area contributed by atoms with Crippen LogP contribution in [0.1, 0.15) is 18.7 Å². The third-order valence-corrected chi connectivity index (χ3v) is 3.27. The number of hydrogen-bond acceptors (Lipinski definition) is 3. The summed E-state index contributed by atoms with van der Waals surface area (Å²) in [4.78, 5) is 0. The predicted octanol–water partition coefficient (Wildman–Crippen LogP) is 4.09. The molecule has 0 aliphatic rings. The highest BCUT2D eigenvalue weighted by molar-refractivity contribution is 9.10. The average Bonchev–Trinajstić information content (AvgIpc) is 2.96. The third-order valence-electron chi connectivity index (χ3n) is 2.85. The van der Waals surface area contributed by atoms with Gasteiger partial charge in [-0.25, -0.2) is 0 Å². The van der Waals surface area contributed by atoms with E-state index in [1.807, 2.05) is 36.5 Å². The number of aromatic nitrogens is 2. The van der Waals surface area contributed by atoms with E-state index in [-0.39, 0.29) is 6.04 Å². The number of furan rings is 1. The second-order valence-electron chi connectivity index (χ2n) is 4.18. The second kappa shape index (κ2) is 4.49. The van der Waals surface area contributed by atoms with Crippen molar-refractivity contribution in [3.05, 3.63) is 47.0 Å². The van der Waals surface area contributed by atoms with Crippen LogP contribution in [0.25, 0.3) is 10.9 Å². The number of benzene rings is 1. The second-order valence-corrected chi connectivity index (χ2v) is 4.96. The Hall–Kier alpha value is -1.75. The van der Waals surface area contributed by atoms with Gasteiger partial charge in [0.05, 0.1) is 17.8 Å². The molecule has 2 N–H and O–H groups in total. The number of anilines is 1. The SMILES string of the molecule is CC(Nc1ccc2cn[nH]c2c1)c1ccc(Br)o1. The van der Waals surface area contributed by atoms with Gasteiger partial charge >= 0.3 is 0 Å². The van der Waals surface area contributed by atoms with E-state index >= 15 is 0 Å². The number of aromatic amines is 1. The molecular formula is C13H12BrN3O. The normalized spacial score (nSPS) is 12.8. The molecule has 2 aromatic heterocycles. The van der Waals surface area contributed by atoms with Gasteiger partial charge in [0.2, 0.25) is 0 Å². The number of H-pyrrole nitrogens is 1. The van der Waals surface area contributed by atoms with Gasteiger partial charge < -0.3 is 9.73 Å². The van der Waals surface area contributed by atoms with Crippen LogP contribution in [-0.2, 0) is 0 Å². The summed E-state index contributed by atoms with van der Waals surface area (Å²) in [5.74, 6) is 0.895. The van der Waals surface area contributed by atoms with E-state index in [1.165, 1.54) is 0 Å². The highest BCUT2D eigenvalue weighted by Crippen LogP contribution is 2.25. The first-order valence-electron chi connectivity index (χ1n) is 5.67. The van der Waals surface area contributed by atoms with Crippen molar-refractivity contribution in [3.8, 4) is 0 Å². The Kier molecular flexibility index (Phi) is 2.83. The maximum Gasteiger partial charge on any atom is 0.169 e. The molecule has 0 bridgehead atoms. The molecule has 0 aliphatic heterocycles. The van der Waals surface area contributed by atoms with Crippen LogP contribution in [0, 0.1) is 0 Å². The number of nitrogens with zero attached hydrogens (tertiary/aromatic N) is 1. The lowest BCUT2D eigenvalue weighted by atomic mass is 10.2. The van der Waals surface area contributed by atoms with E-state index < -0.39 is 0 Å². The van der Waals surface area contributed by atoms with E-state index in [4.69, 9.17) is 4.42 Å². The van der Waals surface area contributed by atoms with E-state index in [2.05, 4.69) is 38.4 Å². The molecule has 18 heavy (non-hydrogen) atoms. The maximum atomic E-state index is 5.52. The molecule has 0 spiro atoms. The fourth-order valence-electron chi connectivity index (χ4n) is 1.91. The van der Waals surface area contributed by atoms with Crippen molar-refractivity contribution in [2.75, 3.05) is 5.32 Å². The van der Waals surface area contributed by atoms with Crippen molar-refractivity contribution in [3.63, 3.8) is 0 Å². The van der Waals surface area contributed by atoms with Crippen molar-refractivity contribution in [1.82, 2.24) is 10.2 Å². The maximum absolute atomic E-state index is 5.52. The van der Waals surface area contributed by atoms with Gasteiger partial charge in [-0.1, -0.05) is 0 Å². The molecule has 3 rings (SSSR count). The Morgan fingerprint density at radius 2 is 2.22 bits per heavy atom. The fraction of sp³-hybridized carbons (Fsp3) is 0.154. The molecule has 3 aromatic rings. The van der Waals surface area contributed by atoms with Gasteiger partial charge in [-0.05, 0) is 53.2 Å². The number of hydrogen-bond donors (Lipinski definition) is 2. The zero-order chi connectivity index (χ0) is 12.5. The lowest BCUT2D eigenvalue weighted by Gasteiger charge is -2.12. The first kappa shape index (κ1) is 11.3. The zero-order valence-electron chi connectivity index (χ0n) is 9.77. The molecule has 0 radical (unpaired) electrons. The Morgan fingerprint density at radius 3 is 3.00 bits per heavy atom. The van der Waals surface area contributed by atoms with E-state index in [9.17, 15) is 0 Å². The molecule has 1 unspecified atom stereocenters. The summed E-state index contributed by atoms with van der Waals surface area (Å²) in [7, 11) is 0. The van der Waals surface area contributed by atoms with Crippen LogP contribution in [0.4, 0.5) is 5.69 Å². The smallest absolute Gasteiger partial charge is 0.169 e. The third kappa shape index (κ3) is 2.13. The molecule has 0 aliphatic carbocycles. The Balaban J connectivity index is 1.83. The van der Waals surface area contributed by atoms with E-state index in [1.54, 1.807) is 0 Å². The quantitative estimate of drug-likeness (QED) is 0.766. The molecule has 5 heteroatoms. The van der Waals surface area contributed by atoms with Crippen LogP contribution in [0.15, 0.2) is 45.6 Å². The Morgan fingerprint density at radius 1 is 1.33 bits per heavy atom. The summed E-state index contributed by atoms with van der Waals surface area (Å²) >= 11 is 3.31. The summed E-state index contributed by atoms with van der Waals surface area (Å²) < 4.78 is 6.27. The van der Waals surface area contributed by atoms with Crippen molar-refractivity contribution < 1.29 is 4.42 Å². The summed E-state index contributed by atoms with van der Waals surface area (Å²) in [5.41, 5.74) is 2.06. The summed E-state index contributed by atoms with van der Waals surface area (Å²) in [6.07, 6.45) is 1.81. The van der Waals surface area contributed by atoms with Crippen LogP contribution in [0.3, 0.4) is 0 Å². The van der Waals surface area contributed by atoms with Crippen LogP contribution in [0.2, 0.25) is 0 Å². The first-order valence-corrected chi connectivity index (χ1v) is 6.46. The average molecular weight is 306 g/mol. The zero-order valence-corrected chi connectivity index (χ0v) is 11.4. The van der Waals surface area contributed by atoms with Gasteiger partial charge in [0.1, 0.15) is 5.76 Å². The van der Waals surface area contributed by atoms with Gasteiger partial charge in [-0.3, -0.25) is 5.10 Å². The van der Waals surface area contributed by atoms with Gasteiger partial charge in [-0.2, -0.15) is 5.10 Å². The monoisotopic (exact) mass is 305 g/mol. The fourth-order valence-corrected chi connectivity index (χ4v) is 2.23. The molecule has 2 heterocycles. The summed E-state index contributed by atoms with van der Waals surface area (Å²) in [6, 6.07) is 10.1. The molecule has 0 fully saturated rings. The number of rotatable bonds is 3. The van der Waals surface area contributed by atoms with Crippen LogP contribution in [-0.4, -0.2) is 10.2 Å². The van der Waals surface area contributed by atoms with Crippen molar-refractivity contribution in [2.24, 2.45) is 0 Å². The molecule has 0 amide bonds. The molecule has 0 saturated carbocycles. The molecular weight excluding hydrogens is 294 g/mol.